The minimum absolute atomic E-state index is 0.0896. The standard InChI is InChI=1S/C17H17F3N2O2S/c18-17(19,20)15-8-4-5-9-16(15)21-10-12-22(13-11-21)25(23,24)14-6-2-1-3-7-14/h1-9H,10-13H2. The van der Waals surface area contributed by atoms with Crippen molar-refractivity contribution < 1.29 is 21.6 Å². The number of piperazine rings is 1. The lowest BCUT2D eigenvalue weighted by Crippen LogP contribution is -2.49. The molecule has 0 amide bonds. The summed E-state index contributed by atoms with van der Waals surface area (Å²) < 4.78 is 66.0. The van der Waals surface area contributed by atoms with Gasteiger partial charge in [0.2, 0.25) is 10.0 Å². The third-order valence-electron chi connectivity index (χ3n) is 4.17. The van der Waals surface area contributed by atoms with Crippen molar-refractivity contribution in [1.82, 2.24) is 4.31 Å². The van der Waals surface area contributed by atoms with Crippen LogP contribution in [0.2, 0.25) is 0 Å². The predicted molar refractivity (Wildman–Crippen MR) is 88.9 cm³/mol. The molecule has 0 unspecified atom stereocenters. The normalized spacial score (nSPS) is 16.8. The summed E-state index contributed by atoms with van der Waals surface area (Å²) in [4.78, 5) is 1.78. The van der Waals surface area contributed by atoms with Gasteiger partial charge in [-0.05, 0) is 24.3 Å². The summed E-state index contributed by atoms with van der Waals surface area (Å²) in [5.74, 6) is 0. The van der Waals surface area contributed by atoms with Crippen LogP contribution in [0.3, 0.4) is 0 Å². The van der Waals surface area contributed by atoms with E-state index in [4.69, 9.17) is 0 Å². The topological polar surface area (TPSA) is 40.6 Å². The van der Waals surface area contributed by atoms with Gasteiger partial charge in [-0.25, -0.2) is 8.42 Å². The van der Waals surface area contributed by atoms with E-state index in [9.17, 15) is 21.6 Å². The summed E-state index contributed by atoms with van der Waals surface area (Å²) in [7, 11) is -3.62. The Morgan fingerprint density at radius 1 is 0.800 bits per heavy atom. The van der Waals surface area contributed by atoms with Crippen molar-refractivity contribution in [1.29, 1.82) is 0 Å². The number of hydrogen-bond acceptors (Lipinski definition) is 3. The van der Waals surface area contributed by atoms with Crippen LogP contribution in [0.4, 0.5) is 18.9 Å². The Bertz CT molecular complexity index is 830. The number of rotatable bonds is 3. The van der Waals surface area contributed by atoms with Gasteiger partial charge in [-0.15, -0.1) is 0 Å². The lowest BCUT2D eigenvalue weighted by atomic mass is 10.1. The molecule has 0 N–H and O–H groups in total. The fourth-order valence-corrected chi connectivity index (χ4v) is 4.34. The summed E-state index contributed by atoms with van der Waals surface area (Å²) in [6.07, 6.45) is -4.44. The first-order valence-electron chi connectivity index (χ1n) is 7.76. The van der Waals surface area contributed by atoms with Gasteiger partial charge in [0, 0.05) is 31.9 Å². The number of benzene rings is 2. The molecule has 0 bridgehead atoms. The maximum absolute atomic E-state index is 13.2. The highest BCUT2D eigenvalue weighted by atomic mass is 32.2. The van der Waals surface area contributed by atoms with Gasteiger partial charge in [0.05, 0.1) is 10.5 Å². The summed E-state index contributed by atoms with van der Waals surface area (Å²) >= 11 is 0. The summed E-state index contributed by atoms with van der Waals surface area (Å²) in [5, 5.41) is 0. The first-order valence-corrected chi connectivity index (χ1v) is 9.20. The highest BCUT2D eigenvalue weighted by Gasteiger charge is 2.36. The van der Waals surface area contributed by atoms with E-state index < -0.39 is 21.8 Å². The molecule has 8 heteroatoms. The SMILES string of the molecule is O=S(=O)(c1ccccc1)N1CCN(c2ccccc2C(F)(F)F)CC1. The fraction of sp³-hybridized carbons (Fsp3) is 0.294. The van der Waals surface area contributed by atoms with Crippen molar-refractivity contribution in [3.8, 4) is 0 Å². The molecule has 2 aromatic carbocycles. The van der Waals surface area contributed by atoms with Crippen LogP contribution in [0.5, 0.6) is 0 Å². The van der Waals surface area contributed by atoms with E-state index in [1.165, 1.54) is 28.6 Å². The van der Waals surface area contributed by atoms with Crippen LogP contribution >= 0.6 is 0 Å². The molecule has 0 aliphatic carbocycles. The van der Waals surface area contributed by atoms with Gasteiger partial charge in [-0.1, -0.05) is 30.3 Å². The molecule has 1 aliphatic rings. The van der Waals surface area contributed by atoms with Crippen LogP contribution in [-0.4, -0.2) is 38.9 Å². The Morgan fingerprint density at radius 3 is 1.96 bits per heavy atom. The van der Waals surface area contributed by atoms with Crippen molar-refractivity contribution in [3.05, 3.63) is 60.2 Å². The van der Waals surface area contributed by atoms with Crippen molar-refractivity contribution >= 4 is 15.7 Å². The number of sulfonamides is 1. The maximum atomic E-state index is 13.2. The summed E-state index contributed by atoms with van der Waals surface area (Å²) in [5.41, 5.74) is -0.610. The molecule has 0 spiro atoms. The van der Waals surface area contributed by atoms with Gasteiger partial charge in [0.15, 0.2) is 0 Å². The molecule has 0 aromatic heterocycles. The Labute approximate surface area is 144 Å². The van der Waals surface area contributed by atoms with Crippen molar-refractivity contribution in [2.75, 3.05) is 31.1 Å². The van der Waals surface area contributed by atoms with Crippen LogP contribution < -0.4 is 4.90 Å². The first kappa shape index (κ1) is 17.8. The Kier molecular flexibility index (Phi) is 4.75. The summed E-state index contributed by atoms with van der Waals surface area (Å²) in [6.45, 7) is 0.700. The Hall–Kier alpha value is -2.06. The smallest absolute Gasteiger partial charge is 0.368 e. The van der Waals surface area contributed by atoms with Crippen molar-refractivity contribution in [3.63, 3.8) is 0 Å². The second kappa shape index (κ2) is 6.68. The van der Waals surface area contributed by atoms with Crippen LogP contribution in [0, 0.1) is 0 Å². The molecule has 1 fully saturated rings. The van der Waals surface area contributed by atoms with E-state index in [-0.39, 0.29) is 36.8 Å². The Balaban J connectivity index is 1.77. The molecule has 1 heterocycles. The first-order chi connectivity index (χ1) is 11.8. The highest BCUT2D eigenvalue weighted by molar-refractivity contribution is 7.89. The van der Waals surface area contributed by atoms with E-state index in [1.54, 1.807) is 29.2 Å². The molecular formula is C17H17F3N2O2S. The second-order valence-corrected chi connectivity index (χ2v) is 7.66. The number of hydrogen-bond donors (Lipinski definition) is 0. The molecular weight excluding hydrogens is 353 g/mol. The number of alkyl halides is 3. The van der Waals surface area contributed by atoms with Crippen LogP contribution in [0.1, 0.15) is 5.56 Å². The fourth-order valence-electron chi connectivity index (χ4n) is 2.90. The van der Waals surface area contributed by atoms with Crippen molar-refractivity contribution in [2.45, 2.75) is 11.1 Å². The number of anilines is 1. The molecule has 4 nitrogen and oxygen atoms in total. The van der Waals surface area contributed by atoms with E-state index in [2.05, 4.69) is 0 Å². The predicted octanol–water partition coefficient (Wildman–Crippen LogP) is 3.22. The summed E-state index contributed by atoms with van der Waals surface area (Å²) in [6, 6.07) is 13.4. The average Bonchev–Trinajstić information content (AvgIpc) is 2.62. The monoisotopic (exact) mass is 370 g/mol. The zero-order valence-corrected chi connectivity index (χ0v) is 14.1. The quantitative estimate of drug-likeness (QED) is 0.833. The number of para-hydroxylation sites is 1. The molecule has 1 saturated heterocycles. The van der Waals surface area contributed by atoms with E-state index >= 15 is 0 Å². The molecule has 2 aromatic rings. The molecule has 0 saturated carbocycles. The molecule has 134 valence electrons. The van der Waals surface area contributed by atoms with E-state index in [1.807, 2.05) is 0 Å². The second-order valence-electron chi connectivity index (χ2n) is 5.72. The maximum Gasteiger partial charge on any atom is 0.418 e. The van der Waals surface area contributed by atoms with Gasteiger partial charge < -0.3 is 4.90 Å². The van der Waals surface area contributed by atoms with Gasteiger partial charge in [0.25, 0.3) is 0 Å². The van der Waals surface area contributed by atoms with Gasteiger partial charge in [-0.2, -0.15) is 17.5 Å². The largest absolute Gasteiger partial charge is 0.418 e. The highest BCUT2D eigenvalue weighted by Crippen LogP contribution is 2.36. The molecule has 1 aliphatic heterocycles. The van der Waals surface area contributed by atoms with Gasteiger partial charge >= 0.3 is 6.18 Å². The van der Waals surface area contributed by atoms with Crippen LogP contribution in [-0.2, 0) is 16.2 Å². The van der Waals surface area contributed by atoms with Crippen LogP contribution in [0.15, 0.2) is 59.5 Å². The zero-order valence-electron chi connectivity index (χ0n) is 13.3. The number of nitrogens with zero attached hydrogens (tertiary/aromatic N) is 2. The van der Waals surface area contributed by atoms with Crippen LogP contribution in [0.25, 0.3) is 0 Å². The minimum atomic E-state index is -4.44. The lowest BCUT2D eigenvalue weighted by Gasteiger charge is -2.36. The van der Waals surface area contributed by atoms with E-state index in [0.29, 0.717) is 0 Å². The third kappa shape index (κ3) is 3.64. The third-order valence-corrected chi connectivity index (χ3v) is 6.08. The molecule has 0 atom stereocenters. The van der Waals surface area contributed by atoms with Crippen molar-refractivity contribution in [2.24, 2.45) is 0 Å². The average molecular weight is 370 g/mol. The molecule has 0 radical (unpaired) electrons. The zero-order chi connectivity index (χ0) is 18.1. The van der Waals surface area contributed by atoms with E-state index in [0.717, 1.165) is 6.07 Å². The van der Waals surface area contributed by atoms with Gasteiger partial charge in [0.1, 0.15) is 0 Å². The Morgan fingerprint density at radius 2 is 1.36 bits per heavy atom. The lowest BCUT2D eigenvalue weighted by molar-refractivity contribution is -0.137. The number of halogens is 3. The molecule has 3 rings (SSSR count). The van der Waals surface area contributed by atoms with Gasteiger partial charge in [-0.3, -0.25) is 0 Å². The minimum Gasteiger partial charge on any atom is -0.368 e. The molecule has 25 heavy (non-hydrogen) atoms.